The maximum atomic E-state index is 12.8. The van der Waals surface area contributed by atoms with Crippen LogP contribution in [0.3, 0.4) is 0 Å². The molecular weight excluding hydrogens is 402 g/mol. The second-order valence-corrected chi connectivity index (χ2v) is 7.76. The van der Waals surface area contributed by atoms with Crippen molar-refractivity contribution >= 4 is 23.4 Å². The molecule has 2 amide bonds. The van der Waals surface area contributed by atoms with Crippen molar-refractivity contribution in [3.05, 3.63) is 88.3 Å². The van der Waals surface area contributed by atoms with Crippen LogP contribution in [0.4, 0.5) is 0 Å². The maximum Gasteiger partial charge on any atom is 0.254 e. The van der Waals surface area contributed by atoms with Crippen LogP contribution in [0.25, 0.3) is 0 Å². The lowest BCUT2D eigenvalue weighted by atomic mass is 9.98. The topological polar surface area (TPSA) is 75.4 Å². The molecule has 30 heavy (non-hydrogen) atoms. The average Bonchev–Trinajstić information content (AvgIpc) is 3.33. The highest BCUT2D eigenvalue weighted by molar-refractivity contribution is 6.29. The van der Waals surface area contributed by atoms with Crippen LogP contribution in [0, 0.1) is 0 Å². The summed E-state index contributed by atoms with van der Waals surface area (Å²) in [5.41, 5.74) is 2.90. The number of halogens is 1. The van der Waals surface area contributed by atoms with Gasteiger partial charge in [-0.15, -0.1) is 0 Å². The van der Waals surface area contributed by atoms with Gasteiger partial charge in [0.15, 0.2) is 5.15 Å². The number of hydrogen-bond acceptors (Lipinski definition) is 4. The quantitative estimate of drug-likeness (QED) is 0.597. The molecule has 3 aromatic rings. The molecule has 1 unspecified atom stereocenters. The molecule has 4 rings (SSSR count). The minimum absolute atomic E-state index is 0.00636. The summed E-state index contributed by atoms with van der Waals surface area (Å²) in [7, 11) is 0. The second-order valence-electron chi connectivity index (χ2n) is 7.37. The van der Waals surface area contributed by atoms with Gasteiger partial charge in [0.05, 0.1) is 0 Å². The Morgan fingerprint density at radius 2 is 1.93 bits per heavy atom. The number of hydrogen-bond donors (Lipinski definition) is 1. The first kappa shape index (κ1) is 20.2. The number of aryl methyl sites for hydroxylation is 1. The maximum absolute atomic E-state index is 12.8. The molecule has 1 atom stereocenters. The zero-order valence-electron chi connectivity index (χ0n) is 16.4. The molecule has 2 heterocycles. The molecule has 0 aliphatic carbocycles. The number of aromatic nitrogens is 1. The van der Waals surface area contributed by atoms with Gasteiger partial charge in [-0.1, -0.05) is 65.3 Å². The summed E-state index contributed by atoms with van der Waals surface area (Å²) in [6.07, 6.45) is 0.711. The van der Waals surface area contributed by atoms with Gasteiger partial charge in [-0.3, -0.25) is 9.59 Å². The molecule has 2 aromatic carbocycles. The van der Waals surface area contributed by atoms with Gasteiger partial charge in [-0.2, -0.15) is 0 Å². The van der Waals surface area contributed by atoms with E-state index >= 15 is 0 Å². The number of amides is 2. The zero-order valence-corrected chi connectivity index (χ0v) is 17.1. The molecule has 1 aliphatic heterocycles. The van der Waals surface area contributed by atoms with E-state index in [1.807, 2.05) is 59.5 Å². The lowest BCUT2D eigenvalue weighted by molar-refractivity contribution is -0.121. The Morgan fingerprint density at radius 3 is 2.67 bits per heavy atom. The highest BCUT2D eigenvalue weighted by Gasteiger charge is 2.29. The first-order chi connectivity index (χ1) is 14.6. The van der Waals surface area contributed by atoms with Crippen molar-refractivity contribution in [3.63, 3.8) is 0 Å². The van der Waals surface area contributed by atoms with Crippen LogP contribution in [0.2, 0.25) is 5.15 Å². The second kappa shape index (κ2) is 9.13. The molecule has 6 nitrogen and oxygen atoms in total. The number of carbonyl (C=O) groups excluding carboxylic acids is 2. The molecule has 0 saturated heterocycles. The normalized spacial score (nSPS) is 13.9. The first-order valence-corrected chi connectivity index (χ1v) is 10.3. The van der Waals surface area contributed by atoms with E-state index in [2.05, 4.69) is 10.5 Å². The standard InChI is InChI=1S/C23H22ClN3O3/c24-21-12-19(30-26-21)10-11-22(28)25-13-18(16-6-2-1-3-7-16)15-27-14-17-8-4-5-9-20(17)23(27)29/h1-9,12,18H,10-11,13-15H2,(H,25,28). The van der Waals surface area contributed by atoms with Gasteiger partial charge < -0.3 is 14.7 Å². The lowest BCUT2D eigenvalue weighted by Gasteiger charge is -2.24. The van der Waals surface area contributed by atoms with Crippen molar-refractivity contribution in [2.45, 2.75) is 25.3 Å². The molecule has 1 aromatic heterocycles. The third-order valence-electron chi connectivity index (χ3n) is 5.28. The third kappa shape index (κ3) is 4.71. The van der Waals surface area contributed by atoms with E-state index < -0.39 is 0 Å². The predicted octanol–water partition coefficient (Wildman–Crippen LogP) is 3.82. The number of fused-ring (bicyclic) bond motifs is 1. The van der Waals surface area contributed by atoms with Crippen molar-refractivity contribution in [2.75, 3.05) is 13.1 Å². The van der Waals surface area contributed by atoms with Crippen LogP contribution in [0.1, 0.15) is 39.6 Å². The number of nitrogens with zero attached hydrogens (tertiary/aromatic N) is 2. The molecule has 0 fully saturated rings. The van der Waals surface area contributed by atoms with Crippen LogP contribution < -0.4 is 5.32 Å². The third-order valence-corrected chi connectivity index (χ3v) is 5.46. The molecule has 0 bridgehead atoms. The van der Waals surface area contributed by atoms with E-state index in [0.717, 1.165) is 16.7 Å². The SMILES string of the molecule is O=C(CCc1cc(Cl)no1)NCC(CN1Cc2ccccc2C1=O)c1ccccc1. The minimum atomic E-state index is -0.0838. The van der Waals surface area contributed by atoms with E-state index in [0.29, 0.717) is 31.8 Å². The minimum Gasteiger partial charge on any atom is -0.360 e. The Hall–Kier alpha value is -3.12. The van der Waals surface area contributed by atoms with E-state index in [9.17, 15) is 9.59 Å². The highest BCUT2D eigenvalue weighted by atomic mass is 35.5. The summed E-state index contributed by atoms with van der Waals surface area (Å²) in [6.45, 7) is 1.58. The number of rotatable bonds is 8. The summed E-state index contributed by atoms with van der Waals surface area (Å²) < 4.78 is 5.03. The summed E-state index contributed by atoms with van der Waals surface area (Å²) in [6, 6.07) is 19.3. The average molecular weight is 424 g/mol. The Bertz CT molecular complexity index is 1030. The molecule has 0 spiro atoms. The highest BCUT2D eigenvalue weighted by Crippen LogP contribution is 2.26. The Kier molecular flexibility index (Phi) is 6.14. The van der Waals surface area contributed by atoms with Crippen molar-refractivity contribution < 1.29 is 14.1 Å². The van der Waals surface area contributed by atoms with Gasteiger partial charge >= 0.3 is 0 Å². The molecule has 1 N–H and O–H groups in total. The van der Waals surface area contributed by atoms with Gasteiger partial charge in [0, 0.05) is 50.0 Å². The number of carbonyl (C=O) groups is 2. The van der Waals surface area contributed by atoms with Crippen molar-refractivity contribution in [1.82, 2.24) is 15.4 Å². The summed E-state index contributed by atoms with van der Waals surface area (Å²) in [5.74, 6) is 0.530. The van der Waals surface area contributed by atoms with Crippen LogP contribution in [-0.4, -0.2) is 35.0 Å². The van der Waals surface area contributed by atoms with Crippen LogP contribution in [-0.2, 0) is 17.8 Å². The van der Waals surface area contributed by atoms with Gasteiger partial charge in [-0.05, 0) is 17.2 Å². The summed E-state index contributed by atoms with van der Waals surface area (Å²) in [5, 5.41) is 6.89. The molecule has 154 valence electrons. The van der Waals surface area contributed by atoms with Crippen molar-refractivity contribution in [2.24, 2.45) is 0 Å². The summed E-state index contributed by atoms with van der Waals surface area (Å²) >= 11 is 5.74. The fourth-order valence-corrected chi connectivity index (χ4v) is 3.87. The Balaban J connectivity index is 1.38. The monoisotopic (exact) mass is 423 g/mol. The van der Waals surface area contributed by atoms with Gasteiger partial charge in [0.2, 0.25) is 5.91 Å². The molecule has 0 saturated carbocycles. The number of benzene rings is 2. The summed E-state index contributed by atoms with van der Waals surface area (Å²) in [4.78, 5) is 27.0. The van der Waals surface area contributed by atoms with Crippen molar-refractivity contribution in [3.8, 4) is 0 Å². The van der Waals surface area contributed by atoms with Crippen molar-refractivity contribution in [1.29, 1.82) is 0 Å². The van der Waals surface area contributed by atoms with E-state index in [1.165, 1.54) is 0 Å². The largest absolute Gasteiger partial charge is 0.360 e. The van der Waals surface area contributed by atoms with Crippen LogP contribution in [0.15, 0.2) is 65.2 Å². The Morgan fingerprint density at radius 1 is 1.17 bits per heavy atom. The van der Waals surface area contributed by atoms with Crippen LogP contribution >= 0.6 is 11.6 Å². The molecular formula is C23H22ClN3O3. The van der Waals surface area contributed by atoms with Gasteiger partial charge in [0.1, 0.15) is 5.76 Å². The smallest absolute Gasteiger partial charge is 0.254 e. The molecule has 1 aliphatic rings. The van der Waals surface area contributed by atoms with Crippen LogP contribution in [0.5, 0.6) is 0 Å². The number of nitrogens with one attached hydrogen (secondary N) is 1. The Labute approximate surface area is 179 Å². The van der Waals surface area contributed by atoms with E-state index in [1.54, 1.807) is 6.07 Å². The van der Waals surface area contributed by atoms with Gasteiger partial charge in [-0.25, -0.2) is 0 Å². The lowest BCUT2D eigenvalue weighted by Crippen LogP contribution is -2.36. The molecule has 0 radical (unpaired) electrons. The molecule has 7 heteroatoms. The predicted molar refractivity (Wildman–Crippen MR) is 113 cm³/mol. The zero-order chi connectivity index (χ0) is 20.9. The fraction of sp³-hybridized carbons (Fsp3) is 0.261. The van der Waals surface area contributed by atoms with E-state index in [-0.39, 0.29) is 29.3 Å². The first-order valence-electron chi connectivity index (χ1n) is 9.90. The van der Waals surface area contributed by atoms with E-state index in [4.69, 9.17) is 16.1 Å². The fourth-order valence-electron chi connectivity index (χ4n) is 3.71. The van der Waals surface area contributed by atoms with Gasteiger partial charge in [0.25, 0.3) is 5.91 Å².